The summed E-state index contributed by atoms with van der Waals surface area (Å²) in [5, 5.41) is 0.727. The van der Waals surface area contributed by atoms with Crippen molar-refractivity contribution in [2.24, 2.45) is 0 Å². The molecule has 1 aliphatic heterocycles. The van der Waals surface area contributed by atoms with E-state index in [0.717, 1.165) is 42.2 Å². The maximum Gasteiger partial charge on any atom is 0.0639 e. The third-order valence-corrected chi connectivity index (χ3v) is 3.88. The second kappa shape index (κ2) is 5.10. The number of hydrogen-bond donors (Lipinski definition) is 1. The molecule has 0 aliphatic carbocycles. The van der Waals surface area contributed by atoms with Crippen LogP contribution in [-0.2, 0) is 13.0 Å². The lowest BCUT2D eigenvalue weighted by atomic mass is 10.0. The number of nitrogens with two attached hydrogens (primary N) is 1. The summed E-state index contributed by atoms with van der Waals surface area (Å²) < 4.78 is 0. The molecular formula is C15H16ClN3. The highest BCUT2D eigenvalue weighted by Crippen LogP contribution is 2.30. The monoisotopic (exact) mass is 273 g/mol. The number of benzene rings is 1. The molecule has 4 heteroatoms. The smallest absolute Gasteiger partial charge is 0.0639 e. The van der Waals surface area contributed by atoms with E-state index in [0.29, 0.717) is 0 Å². The summed E-state index contributed by atoms with van der Waals surface area (Å²) in [4.78, 5) is 6.39. The highest BCUT2D eigenvalue weighted by atomic mass is 35.5. The van der Waals surface area contributed by atoms with Gasteiger partial charge in [0.05, 0.1) is 5.02 Å². The van der Waals surface area contributed by atoms with Crippen molar-refractivity contribution >= 4 is 23.0 Å². The Labute approximate surface area is 118 Å². The van der Waals surface area contributed by atoms with Crippen LogP contribution in [0.15, 0.2) is 36.7 Å². The second-order valence-electron chi connectivity index (χ2n) is 4.88. The van der Waals surface area contributed by atoms with Crippen LogP contribution in [0.4, 0.5) is 11.4 Å². The Morgan fingerprint density at radius 3 is 3.05 bits per heavy atom. The zero-order chi connectivity index (χ0) is 13.2. The number of fused-ring (bicyclic) bond motifs is 1. The minimum absolute atomic E-state index is 0.727. The van der Waals surface area contributed by atoms with Crippen molar-refractivity contribution in [3.8, 4) is 0 Å². The molecule has 0 bridgehead atoms. The van der Waals surface area contributed by atoms with Crippen molar-refractivity contribution in [3.05, 3.63) is 52.8 Å². The van der Waals surface area contributed by atoms with E-state index in [1.54, 1.807) is 12.4 Å². The predicted molar refractivity (Wildman–Crippen MR) is 79.5 cm³/mol. The molecule has 3 nitrogen and oxygen atoms in total. The van der Waals surface area contributed by atoms with Gasteiger partial charge in [0.2, 0.25) is 0 Å². The molecule has 0 radical (unpaired) electrons. The van der Waals surface area contributed by atoms with Crippen LogP contribution >= 0.6 is 11.6 Å². The fourth-order valence-corrected chi connectivity index (χ4v) is 2.78. The summed E-state index contributed by atoms with van der Waals surface area (Å²) in [6.45, 7) is 1.87. The van der Waals surface area contributed by atoms with Gasteiger partial charge in [-0.1, -0.05) is 11.6 Å². The van der Waals surface area contributed by atoms with Crippen LogP contribution in [0.25, 0.3) is 0 Å². The number of hydrogen-bond acceptors (Lipinski definition) is 3. The van der Waals surface area contributed by atoms with Gasteiger partial charge in [0.25, 0.3) is 0 Å². The lowest BCUT2D eigenvalue weighted by Gasteiger charge is -2.31. The summed E-state index contributed by atoms with van der Waals surface area (Å²) in [6.07, 6.45) is 5.74. The number of anilines is 2. The van der Waals surface area contributed by atoms with Gasteiger partial charge in [0.15, 0.2) is 0 Å². The zero-order valence-corrected chi connectivity index (χ0v) is 11.4. The number of pyridine rings is 1. The van der Waals surface area contributed by atoms with Crippen molar-refractivity contribution in [2.75, 3.05) is 17.2 Å². The molecule has 2 aromatic rings. The standard InChI is InChI=1S/C15H16ClN3/c16-14-9-18-6-5-12(14)10-19-7-1-2-11-8-13(17)3-4-15(11)19/h3-6,8-9H,1-2,7,10,17H2. The number of nitrogens with zero attached hydrogens (tertiary/aromatic N) is 2. The molecule has 98 valence electrons. The van der Waals surface area contributed by atoms with Gasteiger partial charge in [0.1, 0.15) is 0 Å². The molecule has 0 atom stereocenters. The van der Waals surface area contributed by atoms with Gasteiger partial charge in [-0.15, -0.1) is 0 Å². The summed E-state index contributed by atoms with van der Waals surface area (Å²) in [5.41, 5.74) is 10.4. The minimum Gasteiger partial charge on any atom is -0.399 e. The molecule has 1 aromatic carbocycles. The first kappa shape index (κ1) is 12.3. The number of rotatable bonds is 2. The Morgan fingerprint density at radius 2 is 2.21 bits per heavy atom. The van der Waals surface area contributed by atoms with Crippen molar-refractivity contribution < 1.29 is 0 Å². The van der Waals surface area contributed by atoms with Crippen LogP contribution in [0, 0.1) is 0 Å². The molecule has 0 amide bonds. The molecule has 1 aliphatic rings. The Balaban J connectivity index is 1.90. The van der Waals surface area contributed by atoms with E-state index in [9.17, 15) is 0 Å². The van der Waals surface area contributed by atoms with Crippen LogP contribution in [0.2, 0.25) is 5.02 Å². The van der Waals surface area contributed by atoms with Crippen LogP contribution < -0.4 is 10.6 Å². The van der Waals surface area contributed by atoms with Gasteiger partial charge < -0.3 is 10.6 Å². The highest BCUT2D eigenvalue weighted by Gasteiger charge is 2.17. The molecule has 0 saturated heterocycles. The average Bonchev–Trinajstić information content (AvgIpc) is 2.41. The normalized spacial score (nSPS) is 14.3. The SMILES string of the molecule is Nc1ccc2c(c1)CCCN2Cc1ccncc1Cl. The van der Waals surface area contributed by atoms with E-state index >= 15 is 0 Å². The molecule has 0 spiro atoms. The molecule has 0 unspecified atom stereocenters. The maximum absolute atomic E-state index is 6.19. The summed E-state index contributed by atoms with van der Waals surface area (Å²) in [7, 11) is 0. The summed E-state index contributed by atoms with van der Waals surface area (Å²) in [6, 6.07) is 8.13. The Morgan fingerprint density at radius 1 is 1.32 bits per heavy atom. The van der Waals surface area contributed by atoms with Crippen molar-refractivity contribution in [1.29, 1.82) is 0 Å². The lowest BCUT2D eigenvalue weighted by Crippen LogP contribution is -2.29. The number of aryl methyl sites for hydroxylation is 1. The van der Waals surface area contributed by atoms with Crippen LogP contribution in [0.5, 0.6) is 0 Å². The zero-order valence-electron chi connectivity index (χ0n) is 10.6. The van der Waals surface area contributed by atoms with E-state index in [1.807, 2.05) is 12.1 Å². The van der Waals surface area contributed by atoms with E-state index in [1.165, 1.54) is 11.3 Å². The maximum atomic E-state index is 6.19. The fraction of sp³-hybridized carbons (Fsp3) is 0.267. The first-order valence-corrected chi connectivity index (χ1v) is 6.83. The first-order valence-electron chi connectivity index (χ1n) is 6.46. The van der Waals surface area contributed by atoms with Gasteiger partial charge in [0, 0.05) is 36.9 Å². The largest absolute Gasteiger partial charge is 0.399 e. The van der Waals surface area contributed by atoms with Crippen molar-refractivity contribution in [2.45, 2.75) is 19.4 Å². The fourth-order valence-electron chi connectivity index (χ4n) is 2.60. The molecule has 2 N–H and O–H groups in total. The minimum atomic E-state index is 0.727. The van der Waals surface area contributed by atoms with Crippen LogP contribution in [0.1, 0.15) is 17.5 Å². The van der Waals surface area contributed by atoms with Gasteiger partial charge in [-0.05, 0) is 48.2 Å². The second-order valence-corrected chi connectivity index (χ2v) is 5.29. The molecule has 3 rings (SSSR count). The Kier molecular flexibility index (Phi) is 3.30. The lowest BCUT2D eigenvalue weighted by molar-refractivity contribution is 0.691. The van der Waals surface area contributed by atoms with Gasteiger partial charge in [-0.25, -0.2) is 0 Å². The van der Waals surface area contributed by atoms with E-state index in [-0.39, 0.29) is 0 Å². The molecule has 0 fully saturated rings. The molecule has 1 aromatic heterocycles. The van der Waals surface area contributed by atoms with Crippen molar-refractivity contribution in [1.82, 2.24) is 4.98 Å². The van der Waals surface area contributed by atoms with Gasteiger partial charge >= 0.3 is 0 Å². The predicted octanol–water partition coefficient (Wildman–Crippen LogP) is 3.27. The molecule has 2 heterocycles. The molecule has 19 heavy (non-hydrogen) atoms. The number of aromatic nitrogens is 1. The topological polar surface area (TPSA) is 42.1 Å². The van der Waals surface area contributed by atoms with Gasteiger partial charge in [-0.2, -0.15) is 0 Å². The highest BCUT2D eigenvalue weighted by molar-refractivity contribution is 6.31. The number of halogens is 1. The first-order chi connectivity index (χ1) is 9.24. The molecule has 0 saturated carbocycles. The third kappa shape index (κ3) is 2.51. The molecular weight excluding hydrogens is 258 g/mol. The van der Waals surface area contributed by atoms with Crippen LogP contribution in [0.3, 0.4) is 0 Å². The van der Waals surface area contributed by atoms with Crippen LogP contribution in [-0.4, -0.2) is 11.5 Å². The number of nitrogen functional groups attached to an aromatic ring is 1. The van der Waals surface area contributed by atoms with Crippen molar-refractivity contribution in [3.63, 3.8) is 0 Å². The Bertz CT molecular complexity index is 598. The van der Waals surface area contributed by atoms with Gasteiger partial charge in [-0.3, -0.25) is 4.98 Å². The van der Waals surface area contributed by atoms with E-state index in [4.69, 9.17) is 17.3 Å². The summed E-state index contributed by atoms with van der Waals surface area (Å²) >= 11 is 6.19. The Hall–Kier alpha value is -1.74. The quantitative estimate of drug-likeness (QED) is 0.854. The third-order valence-electron chi connectivity index (χ3n) is 3.54. The summed E-state index contributed by atoms with van der Waals surface area (Å²) in [5.74, 6) is 0. The van der Waals surface area contributed by atoms with E-state index < -0.39 is 0 Å². The average molecular weight is 274 g/mol. The van der Waals surface area contributed by atoms with E-state index in [2.05, 4.69) is 22.0 Å².